The van der Waals surface area contributed by atoms with E-state index in [1.54, 1.807) is 6.07 Å². The number of rotatable bonds is 4. The average Bonchev–Trinajstić information content (AvgIpc) is 2.60. The van der Waals surface area contributed by atoms with Gasteiger partial charge >= 0.3 is 5.97 Å². The average molecular weight is 345 g/mol. The van der Waals surface area contributed by atoms with Crippen LogP contribution in [0.5, 0.6) is 0 Å². The molecular formula is C18H17ClN2O3. The molecule has 6 heteroatoms. The van der Waals surface area contributed by atoms with Crippen molar-refractivity contribution in [2.45, 2.75) is 25.3 Å². The molecule has 124 valence electrons. The predicted molar refractivity (Wildman–Crippen MR) is 89.8 cm³/mol. The van der Waals surface area contributed by atoms with Crippen LogP contribution in [0.4, 0.5) is 0 Å². The molecule has 0 spiro atoms. The Morgan fingerprint density at radius 3 is 2.92 bits per heavy atom. The molecule has 1 aliphatic carbocycles. The second kappa shape index (κ2) is 7.45. The molecule has 1 amide bonds. The summed E-state index contributed by atoms with van der Waals surface area (Å²) in [4.78, 5) is 27.8. The summed E-state index contributed by atoms with van der Waals surface area (Å²) in [5.41, 5.74) is 2.54. The van der Waals surface area contributed by atoms with Crippen LogP contribution in [-0.2, 0) is 16.0 Å². The number of ether oxygens (including phenoxy) is 1. The van der Waals surface area contributed by atoms with E-state index in [1.165, 1.54) is 17.8 Å². The number of nitrogens with zero attached hydrogens (tertiary/aromatic N) is 1. The van der Waals surface area contributed by atoms with E-state index in [2.05, 4.69) is 16.4 Å². The van der Waals surface area contributed by atoms with Gasteiger partial charge in [0.2, 0.25) is 0 Å². The molecule has 0 unspecified atom stereocenters. The number of carbonyl (C=O) groups excluding carboxylic acids is 2. The van der Waals surface area contributed by atoms with Crippen molar-refractivity contribution in [2.24, 2.45) is 0 Å². The van der Waals surface area contributed by atoms with Crippen LogP contribution in [0.2, 0.25) is 5.15 Å². The van der Waals surface area contributed by atoms with Crippen LogP contribution in [0.25, 0.3) is 0 Å². The van der Waals surface area contributed by atoms with Crippen molar-refractivity contribution in [1.29, 1.82) is 0 Å². The second-order valence-corrected chi connectivity index (χ2v) is 5.99. The normalized spacial score (nSPS) is 16.1. The molecule has 1 aliphatic rings. The van der Waals surface area contributed by atoms with Gasteiger partial charge in [-0.05, 0) is 42.5 Å². The number of hydrogen-bond acceptors (Lipinski definition) is 4. The Balaban J connectivity index is 1.57. The number of benzene rings is 1. The Hall–Kier alpha value is -2.40. The van der Waals surface area contributed by atoms with Crippen LogP contribution in [-0.4, -0.2) is 23.5 Å². The summed E-state index contributed by atoms with van der Waals surface area (Å²) in [7, 11) is 0. The molecule has 1 N–H and O–H groups in total. The molecule has 0 fully saturated rings. The van der Waals surface area contributed by atoms with Gasteiger partial charge in [0.1, 0.15) is 5.15 Å². The Kier molecular flexibility index (Phi) is 5.11. The molecule has 0 aliphatic heterocycles. The lowest BCUT2D eigenvalue weighted by Gasteiger charge is -2.26. The van der Waals surface area contributed by atoms with E-state index in [0.29, 0.717) is 0 Å². The highest BCUT2D eigenvalue weighted by Gasteiger charge is 2.22. The van der Waals surface area contributed by atoms with Gasteiger partial charge in [-0.2, -0.15) is 0 Å². The van der Waals surface area contributed by atoms with Crippen molar-refractivity contribution >= 4 is 23.5 Å². The highest BCUT2D eigenvalue weighted by molar-refractivity contribution is 6.32. The highest BCUT2D eigenvalue weighted by Crippen LogP contribution is 2.29. The summed E-state index contributed by atoms with van der Waals surface area (Å²) >= 11 is 5.83. The second-order valence-electron chi connectivity index (χ2n) is 5.63. The zero-order valence-corrected chi connectivity index (χ0v) is 13.8. The van der Waals surface area contributed by atoms with E-state index in [9.17, 15) is 9.59 Å². The van der Waals surface area contributed by atoms with Crippen LogP contribution in [0.3, 0.4) is 0 Å². The maximum Gasteiger partial charge on any atom is 0.341 e. The monoisotopic (exact) mass is 344 g/mol. The summed E-state index contributed by atoms with van der Waals surface area (Å²) in [5, 5.41) is 2.99. The first-order valence-electron chi connectivity index (χ1n) is 7.80. The van der Waals surface area contributed by atoms with Crippen molar-refractivity contribution in [3.8, 4) is 0 Å². The summed E-state index contributed by atoms with van der Waals surface area (Å²) in [5.74, 6) is -0.989. The van der Waals surface area contributed by atoms with Gasteiger partial charge in [-0.1, -0.05) is 35.9 Å². The number of halogens is 1. The first-order chi connectivity index (χ1) is 11.6. The molecule has 0 saturated heterocycles. The summed E-state index contributed by atoms with van der Waals surface area (Å²) < 4.78 is 5.02. The van der Waals surface area contributed by atoms with Crippen molar-refractivity contribution in [3.05, 3.63) is 64.4 Å². The fraction of sp³-hybridized carbons (Fsp3) is 0.278. The van der Waals surface area contributed by atoms with Crippen molar-refractivity contribution in [2.75, 3.05) is 6.61 Å². The third-order valence-electron chi connectivity index (χ3n) is 4.02. The number of nitrogens with one attached hydrogen (secondary N) is 1. The minimum absolute atomic E-state index is 0.0388. The van der Waals surface area contributed by atoms with Crippen LogP contribution in [0.1, 0.15) is 40.4 Å². The van der Waals surface area contributed by atoms with E-state index < -0.39 is 5.97 Å². The topological polar surface area (TPSA) is 68.3 Å². The number of carbonyl (C=O) groups is 2. The predicted octanol–water partition coefficient (Wildman–Crippen LogP) is 3.09. The Labute approximate surface area is 145 Å². The number of fused-ring (bicyclic) bond motifs is 1. The fourth-order valence-electron chi connectivity index (χ4n) is 2.89. The molecule has 2 aromatic rings. The van der Waals surface area contributed by atoms with E-state index in [-0.39, 0.29) is 29.3 Å². The van der Waals surface area contributed by atoms with Gasteiger partial charge < -0.3 is 10.1 Å². The third-order valence-corrected chi connectivity index (χ3v) is 4.32. The molecule has 1 atom stereocenters. The molecule has 1 heterocycles. The molecule has 24 heavy (non-hydrogen) atoms. The number of pyridine rings is 1. The van der Waals surface area contributed by atoms with Gasteiger partial charge in [-0.25, -0.2) is 9.78 Å². The van der Waals surface area contributed by atoms with Crippen molar-refractivity contribution in [3.63, 3.8) is 0 Å². The largest absolute Gasteiger partial charge is 0.452 e. The van der Waals surface area contributed by atoms with Crippen LogP contribution < -0.4 is 5.32 Å². The van der Waals surface area contributed by atoms with Gasteiger partial charge in [0.15, 0.2) is 6.61 Å². The minimum Gasteiger partial charge on any atom is -0.452 e. The van der Waals surface area contributed by atoms with Crippen LogP contribution in [0, 0.1) is 0 Å². The number of esters is 1. The molecule has 1 aromatic carbocycles. The molecule has 0 saturated carbocycles. The summed E-state index contributed by atoms with van der Waals surface area (Å²) in [6.07, 6.45) is 4.40. The number of hydrogen-bond donors (Lipinski definition) is 1. The lowest BCUT2D eigenvalue weighted by molar-refractivity contribution is -0.125. The Morgan fingerprint density at radius 2 is 2.08 bits per heavy atom. The van der Waals surface area contributed by atoms with Crippen molar-refractivity contribution in [1.82, 2.24) is 10.3 Å². The van der Waals surface area contributed by atoms with E-state index in [1.807, 2.05) is 18.2 Å². The Bertz CT molecular complexity index is 763. The van der Waals surface area contributed by atoms with E-state index in [0.717, 1.165) is 24.8 Å². The molecule has 5 nitrogen and oxygen atoms in total. The first-order valence-corrected chi connectivity index (χ1v) is 8.18. The molecule has 1 aromatic heterocycles. The van der Waals surface area contributed by atoms with Gasteiger partial charge in [-0.15, -0.1) is 0 Å². The van der Waals surface area contributed by atoms with Crippen molar-refractivity contribution < 1.29 is 14.3 Å². The van der Waals surface area contributed by atoms with Gasteiger partial charge in [-0.3, -0.25) is 4.79 Å². The molecular weight excluding hydrogens is 328 g/mol. The molecule has 0 radical (unpaired) electrons. The van der Waals surface area contributed by atoms with Gasteiger partial charge in [0.25, 0.3) is 5.91 Å². The maximum absolute atomic E-state index is 12.1. The van der Waals surface area contributed by atoms with Gasteiger partial charge in [0, 0.05) is 6.20 Å². The van der Waals surface area contributed by atoms with Crippen LogP contribution in [0.15, 0.2) is 42.6 Å². The zero-order chi connectivity index (χ0) is 16.9. The lowest BCUT2D eigenvalue weighted by atomic mass is 9.88. The van der Waals surface area contributed by atoms with Crippen LogP contribution >= 0.6 is 11.6 Å². The highest BCUT2D eigenvalue weighted by atomic mass is 35.5. The smallest absolute Gasteiger partial charge is 0.341 e. The minimum atomic E-state index is -0.660. The fourth-order valence-corrected chi connectivity index (χ4v) is 3.08. The maximum atomic E-state index is 12.1. The zero-order valence-electron chi connectivity index (χ0n) is 13.0. The third kappa shape index (κ3) is 3.74. The standard InChI is InChI=1S/C18H17ClN2O3/c19-17-14(8-4-10-20-17)18(23)24-11-16(22)21-15-9-3-6-12-5-1-2-7-13(12)15/h1-2,4-5,7-8,10,15H,3,6,9,11H2,(H,21,22)/t15-/m1/s1. The molecule has 0 bridgehead atoms. The lowest BCUT2D eigenvalue weighted by Crippen LogP contribution is -2.34. The first kappa shape index (κ1) is 16.5. The van der Waals surface area contributed by atoms with E-state index >= 15 is 0 Å². The quantitative estimate of drug-likeness (QED) is 0.683. The number of amides is 1. The number of aryl methyl sites for hydroxylation is 1. The summed E-state index contributed by atoms with van der Waals surface area (Å²) in [6, 6.07) is 11.1. The van der Waals surface area contributed by atoms with E-state index in [4.69, 9.17) is 16.3 Å². The Morgan fingerprint density at radius 1 is 1.25 bits per heavy atom. The SMILES string of the molecule is O=C(COC(=O)c1cccnc1Cl)N[C@@H]1CCCc2ccccc21. The molecule has 3 rings (SSSR count). The van der Waals surface area contributed by atoms with Gasteiger partial charge in [0.05, 0.1) is 11.6 Å². The number of aromatic nitrogens is 1. The summed E-state index contributed by atoms with van der Waals surface area (Å²) in [6.45, 7) is -0.345.